The van der Waals surface area contributed by atoms with Crippen LogP contribution in [-0.2, 0) is 42.3 Å². The highest BCUT2D eigenvalue weighted by Gasteiger charge is 2.55. The van der Waals surface area contributed by atoms with Crippen molar-refractivity contribution in [2.24, 2.45) is 0 Å². The van der Waals surface area contributed by atoms with Crippen molar-refractivity contribution >= 4 is 58.0 Å². The van der Waals surface area contributed by atoms with Crippen LogP contribution in [0.4, 0.5) is 35.0 Å². The van der Waals surface area contributed by atoms with Crippen LogP contribution in [0.15, 0.2) is 23.6 Å². The molecule has 3 aromatic heterocycles. The van der Waals surface area contributed by atoms with E-state index in [4.69, 9.17) is 33.2 Å². The highest BCUT2D eigenvalue weighted by atomic mass is 32.7. The summed E-state index contributed by atoms with van der Waals surface area (Å²) in [5.74, 6) is -0.110. The van der Waals surface area contributed by atoms with Crippen molar-refractivity contribution in [2.75, 3.05) is 42.4 Å². The molecule has 3 saturated heterocycles. The molecule has 0 saturated carbocycles. The van der Waals surface area contributed by atoms with E-state index >= 15 is 4.39 Å². The van der Waals surface area contributed by atoms with Gasteiger partial charge in [0.15, 0.2) is 41.7 Å². The van der Waals surface area contributed by atoms with Crippen molar-refractivity contribution in [3.63, 3.8) is 0 Å². The maximum atomic E-state index is 16.1. The fourth-order valence-corrected chi connectivity index (χ4v) is 8.19. The molecule has 5 N–H and O–H groups in total. The van der Waals surface area contributed by atoms with E-state index in [1.54, 1.807) is 0 Å². The summed E-state index contributed by atoms with van der Waals surface area (Å²) in [5, 5.41) is 2.95. The van der Waals surface area contributed by atoms with Crippen LogP contribution < -0.4 is 26.2 Å². The number of hydrogen-bond acceptors (Lipinski definition) is 17. The molecule has 9 atom stereocenters. The van der Waals surface area contributed by atoms with E-state index in [9.17, 15) is 30.9 Å². The minimum Gasteiger partial charge on any atom is -0.369 e. The number of alkyl halides is 4. The molecule has 4 aliphatic heterocycles. The number of rotatable bonds is 4. The molecular weight excluding hydrogens is 735 g/mol. The van der Waals surface area contributed by atoms with E-state index in [2.05, 4.69) is 47.2 Å². The number of nitrogen functional groups attached to an aromatic ring is 1. The Kier molecular flexibility index (Phi) is 8.76. The van der Waals surface area contributed by atoms with E-state index in [-0.39, 0.29) is 29.6 Å². The number of aromatic nitrogens is 6. The highest BCUT2D eigenvalue weighted by molar-refractivity contribution is 8.44. The van der Waals surface area contributed by atoms with Crippen molar-refractivity contribution in [1.29, 1.82) is 0 Å². The molecule has 49 heavy (non-hydrogen) atoms. The fraction of sp³-hybridized carbons (Fsp3) is 0.591. The zero-order valence-corrected chi connectivity index (χ0v) is 26.9. The highest BCUT2D eigenvalue weighted by Crippen LogP contribution is 2.57. The van der Waals surface area contributed by atoms with Crippen LogP contribution in [0.3, 0.4) is 0 Å². The topological polar surface area (TPSA) is 249 Å². The quantitative estimate of drug-likeness (QED) is 0.133. The van der Waals surface area contributed by atoms with Crippen molar-refractivity contribution in [3.8, 4) is 0 Å². The van der Waals surface area contributed by atoms with Crippen LogP contribution in [-0.4, -0.2) is 113 Å². The van der Waals surface area contributed by atoms with Gasteiger partial charge in [0.2, 0.25) is 5.95 Å². The van der Waals surface area contributed by atoms with Gasteiger partial charge in [-0.1, -0.05) is 12.2 Å². The summed E-state index contributed by atoms with van der Waals surface area (Å²) in [6, 6.07) is 0. The van der Waals surface area contributed by atoms with Gasteiger partial charge in [0.25, 0.3) is 5.56 Å². The van der Waals surface area contributed by atoms with Crippen molar-refractivity contribution in [2.45, 2.75) is 55.3 Å². The van der Waals surface area contributed by atoms with Gasteiger partial charge >= 0.3 is 23.3 Å². The molecule has 0 radical (unpaired) electrons. The number of H-pyrrole nitrogens is 1. The molecule has 1 unspecified atom stereocenters. The van der Waals surface area contributed by atoms with E-state index in [1.807, 2.05) is 0 Å². The lowest BCUT2D eigenvalue weighted by Crippen LogP contribution is -2.45. The molecule has 3 aromatic rings. The van der Waals surface area contributed by atoms with Gasteiger partial charge in [0, 0.05) is 6.54 Å². The van der Waals surface area contributed by atoms with Gasteiger partial charge < -0.3 is 30.2 Å². The van der Waals surface area contributed by atoms with Crippen molar-refractivity contribution in [1.82, 2.24) is 34.2 Å². The lowest BCUT2D eigenvalue weighted by molar-refractivity contribution is -0.195. The zero-order chi connectivity index (χ0) is 34.9. The molecule has 2 bridgehead atoms. The first-order valence-corrected chi connectivity index (χ1v) is 18.2. The van der Waals surface area contributed by atoms with E-state index in [1.165, 1.54) is 17.4 Å². The maximum absolute atomic E-state index is 16.1. The largest absolute Gasteiger partial charge is 0.411 e. The van der Waals surface area contributed by atoms with Gasteiger partial charge in [0.1, 0.15) is 37.4 Å². The van der Waals surface area contributed by atoms with Gasteiger partial charge in [-0.2, -0.15) is 31.3 Å². The van der Waals surface area contributed by atoms with Crippen LogP contribution >= 0.6 is 19.0 Å². The van der Waals surface area contributed by atoms with Gasteiger partial charge in [-0.3, -0.25) is 23.4 Å². The zero-order valence-electron chi connectivity index (χ0n) is 24.3. The number of fused-ring (bicyclic) bond motifs is 5. The molecule has 0 amide bonds. The molecule has 20 nitrogen and oxygen atoms in total. The maximum Gasteiger partial charge on any atom is 0.411 e. The smallest absolute Gasteiger partial charge is 0.369 e. The summed E-state index contributed by atoms with van der Waals surface area (Å²) in [6.07, 6.45) is -15.2. The molecule has 4 aliphatic rings. The van der Waals surface area contributed by atoms with E-state index < -0.39 is 97.7 Å². The summed E-state index contributed by atoms with van der Waals surface area (Å²) in [6.45, 7) is -8.15. The van der Waals surface area contributed by atoms with Crippen molar-refractivity contribution in [3.05, 3.63) is 29.2 Å². The minimum atomic E-state index is -4.98. The Balaban J connectivity index is 1.23. The number of ether oxygens (including phenoxy) is 3. The third-order valence-corrected chi connectivity index (χ3v) is 10.4. The summed E-state index contributed by atoms with van der Waals surface area (Å²) in [4.78, 5) is 31.9. The molecule has 0 spiro atoms. The third kappa shape index (κ3) is 6.81. The summed E-state index contributed by atoms with van der Waals surface area (Å²) < 4.78 is 132. The molecule has 0 aliphatic carbocycles. The molecule has 268 valence electrons. The fourth-order valence-electron chi connectivity index (χ4n) is 5.77. The Labute approximate surface area is 276 Å². The Hall–Kier alpha value is -3.20. The number of halogens is 4. The predicted octanol–water partition coefficient (Wildman–Crippen LogP) is -0.0378. The van der Waals surface area contributed by atoms with Gasteiger partial charge in [-0.05, 0) is 0 Å². The van der Waals surface area contributed by atoms with Crippen molar-refractivity contribution < 1.29 is 58.0 Å². The van der Waals surface area contributed by atoms with Gasteiger partial charge in [0.05, 0.1) is 31.5 Å². The number of thiol groups is 1. The molecular formula is C22H25F4N10O10PS2. The number of nitrogens with two attached hydrogens (primary N) is 1. The van der Waals surface area contributed by atoms with Crippen LogP contribution in [0.25, 0.3) is 11.2 Å². The number of hydrogen-bond donors (Lipinski definition) is 5. The Bertz CT molecular complexity index is 1960. The lowest BCUT2D eigenvalue weighted by atomic mass is 10.1. The molecule has 3 fully saturated rings. The average molecular weight is 761 g/mol. The number of anilines is 3. The standard InChI is InChI=1S/C22H25F4N10O10PS2/c23-11-13-9(43-19(11)35-6-30-8-1-28-5-29-16(8)35)2-32-49(39,40)46-15-14(41-4-22(24,25)26)10(3-42-47(38,48)45-13)44-20(15)36-7-31-12-17(36)33-21(27)34-18(12)37/h1,5,7,9-11,13-15,19-20,30,32H,2-4,6H2,(H,38,48)(H3,27,33,34,37)/t9-,10-,11-,13-,14-,15-,19-,20-,47?/m1/s1. The normalized spacial score (nSPS) is 34.8. The second kappa shape index (κ2) is 12.5. The Morgan fingerprint density at radius 2 is 1.96 bits per heavy atom. The second-order valence-electron chi connectivity index (χ2n) is 11.0. The van der Waals surface area contributed by atoms with Gasteiger partial charge in [-0.15, -0.1) is 0 Å². The summed E-state index contributed by atoms with van der Waals surface area (Å²) >= 11 is 3.94. The van der Waals surface area contributed by atoms with Crippen LogP contribution in [0, 0.1) is 0 Å². The van der Waals surface area contributed by atoms with Crippen LogP contribution in [0.5, 0.6) is 0 Å². The molecule has 27 heteroatoms. The molecule has 7 heterocycles. The second-order valence-corrected chi connectivity index (χ2v) is 15.3. The first-order valence-electron chi connectivity index (χ1n) is 14.1. The Morgan fingerprint density at radius 3 is 2.73 bits per heavy atom. The third-order valence-electron chi connectivity index (χ3n) is 7.78. The number of imidazole rings is 1. The molecule has 7 rings (SSSR count). The predicted molar refractivity (Wildman–Crippen MR) is 158 cm³/mol. The van der Waals surface area contributed by atoms with E-state index in [0.717, 1.165) is 10.9 Å². The summed E-state index contributed by atoms with van der Waals surface area (Å²) in [5.41, 5.74) is 4.79. The average Bonchev–Trinajstić information content (AvgIpc) is 3.78. The van der Waals surface area contributed by atoms with Gasteiger partial charge in [-0.25, -0.2) is 28.1 Å². The lowest BCUT2D eigenvalue weighted by Gasteiger charge is -2.26. The minimum absolute atomic E-state index is 0.0130. The number of nitrogens with one attached hydrogen (secondary N) is 3. The SMILES string of the molecule is Nc1nc2c(ncn2[C@@H]2O[C@@H]3COP(=O)(S)O[C@H]4[C@@H](F)[C@H](N5CNc6cncnc65)O[C@@H]4CNS(=O)(=O)O[C@@H]2[C@@H]3OCC(F)(F)F)c(=O)[nH]1. The Morgan fingerprint density at radius 1 is 1.18 bits per heavy atom. The monoisotopic (exact) mass is 760 g/mol. The van der Waals surface area contributed by atoms with Crippen LogP contribution in [0.2, 0.25) is 0 Å². The number of aromatic amines is 1. The first-order chi connectivity index (χ1) is 23.1. The first kappa shape index (κ1) is 34.3. The summed E-state index contributed by atoms with van der Waals surface area (Å²) in [7, 11) is -4.98. The van der Waals surface area contributed by atoms with Crippen LogP contribution in [0.1, 0.15) is 6.23 Å². The van der Waals surface area contributed by atoms with E-state index in [0.29, 0.717) is 5.69 Å². The molecule has 0 aromatic carbocycles. The number of nitrogens with zero attached hydrogens (tertiary/aromatic N) is 6.